The van der Waals surface area contributed by atoms with Crippen LogP contribution in [0.2, 0.25) is 5.02 Å². The highest BCUT2D eigenvalue weighted by molar-refractivity contribution is 6.30. The maximum Gasteiger partial charge on any atom is 0.0426 e. The van der Waals surface area contributed by atoms with E-state index in [9.17, 15) is 0 Å². The van der Waals surface area contributed by atoms with Crippen molar-refractivity contribution in [2.45, 2.75) is 13.3 Å². The summed E-state index contributed by atoms with van der Waals surface area (Å²) in [6.07, 6.45) is 1.02. The minimum absolute atomic E-state index is 0.769. The molecule has 0 aliphatic heterocycles. The molecule has 0 radical (unpaired) electrons. The van der Waals surface area contributed by atoms with Gasteiger partial charge >= 0.3 is 0 Å². The third-order valence-electron chi connectivity index (χ3n) is 2.65. The molecule has 1 N–H and O–H groups in total. The molecule has 2 heteroatoms. The van der Waals surface area contributed by atoms with Crippen LogP contribution in [-0.4, -0.2) is 6.54 Å². The predicted octanol–water partition coefficient (Wildman–Crippen LogP) is 4.30. The van der Waals surface area contributed by atoms with Crippen LogP contribution in [0.15, 0.2) is 48.5 Å². The second-order valence-electron chi connectivity index (χ2n) is 4.18. The van der Waals surface area contributed by atoms with Gasteiger partial charge in [-0.3, -0.25) is 0 Å². The quantitative estimate of drug-likeness (QED) is 0.847. The van der Waals surface area contributed by atoms with Gasteiger partial charge < -0.3 is 5.32 Å². The zero-order chi connectivity index (χ0) is 12.1. The van der Waals surface area contributed by atoms with Gasteiger partial charge in [-0.05, 0) is 37.1 Å². The topological polar surface area (TPSA) is 12.0 Å². The van der Waals surface area contributed by atoms with Gasteiger partial charge in [0.25, 0.3) is 0 Å². The molecule has 2 rings (SSSR count). The summed E-state index contributed by atoms with van der Waals surface area (Å²) in [6.45, 7) is 3.04. The van der Waals surface area contributed by atoms with Crippen molar-refractivity contribution in [1.29, 1.82) is 0 Å². The Kier molecular flexibility index (Phi) is 4.05. The minimum Gasteiger partial charge on any atom is -0.385 e. The first kappa shape index (κ1) is 12.0. The van der Waals surface area contributed by atoms with Gasteiger partial charge in [-0.1, -0.05) is 47.5 Å². The number of rotatable bonds is 4. The van der Waals surface area contributed by atoms with E-state index >= 15 is 0 Å². The van der Waals surface area contributed by atoms with Crippen LogP contribution in [0.3, 0.4) is 0 Å². The molecule has 2 aromatic carbocycles. The molecule has 0 fully saturated rings. The number of aryl methyl sites for hydroxylation is 1. The van der Waals surface area contributed by atoms with Crippen LogP contribution < -0.4 is 5.32 Å². The van der Waals surface area contributed by atoms with Gasteiger partial charge in [0.15, 0.2) is 0 Å². The van der Waals surface area contributed by atoms with Gasteiger partial charge in [-0.25, -0.2) is 0 Å². The number of nitrogens with one attached hydrogen (secondary N) is 1. The van der Waals surface area contributed by atoms with Crippen molar-refractivity contribution < 1.29 is 0 Å². The van der Waals surface area contributed by atoms with Crippen LogP contribution in [0.4, 0.5) is 5.69 Å². The minimum atomic E-state index is 0.769. The van der Waals surface area contributed by atoms with Crippen molar-refractivity contribution in [3.8, 4) is 0 Å². The normalized spacial score (nSPS) is 10.2. The lowest BCUT2D eigenvalue weighted by Gasteiger charge is -2.07. The fourth-order valence-corrected chi connectivity index (χ4v) is 2.01. The lowest BCUT2D eigenvalue weighted by molar-refractivity contribution is 1.02. The Labute approximate surface area is 107 Å². The zero-order valence-electron chi connectivity index (χ0n) is 9.91. The summed E-state index contributed by atoms with van der Waals surface area (Å²) in [6, 6.07) is 16.4. The number of halogens is 1. The van der Waals surface area contributed by atoms with E-state index in [4.69, 9.17) is 11.6 Å². The van der Waals surface area contributed by atoms with E-state index in [2.05, 4.69) is 36.5 Å². The summed E-state index contributed by atoms with van der Waals surface area (Å²) in [5.74, 6) is 0. The fraction of sp³-hybridized carbons (Fsp3) is 0.200. The monoisotopic (exact) mass is 245 g/mol. The number of hydrogen-bond donors (Lipinski definition) is 1. The summed E-state index contributed by atoms with van der Waals surface area (Å²) in [4.78, 5) is 0. The van der Waals surface area contributed by atoms with Gasteiger partial charge in [0.1, 0.15) is 0 Å². The van der Waals surface area contributed by atoms with Crippen LogP contribution in [-0.2, 0) is 6.42 Å². The van der Waals surface area contributed by atoms with Gasteiger partial charge in [-0.15, -0.1) is 0 Å². The Morgan fingerprint density at radius 2 is 1.88 bits per heavy atom. The van der Waals surface area contributed by atoms with Gasteiger partial charge in [-0.2, -0.15) is 0 Å². The van der Waals surface area contributed by atoms with Crippen molar-refractivity contribution in [2.75, 3.05) is 11.9 Å². The van der Waals surface area contributed by atoms with Crippen LogP contribution in [0.5, 0.6) is 0 Å². The molecule has 0 saturated carbocycles. The Morgan fingerprint density at radius 1 is 1.06 bits per heavy atom. The van der Waals surface area contributed by atoms with Crippen molar-refractivity contribution in [3.05, 3.63) is 64.7 Å². The van der Waals surface area contributed by atoms with Gasteiger partial charge in [0, 0.05) is 17.3 Å². The molecule has 0 aliphatic carbocycles. The Morgan fingerprint density at radius 3 is 2.65 bits per heavy atom. The first-order valence-corrected chi connectivity index (χ1v) is 6.17. The third kappa shape index (κ3) is 3.79. The Bertz CT molecular complexity index is 448. The SMILES string of the molecule is Cc1cccc(CCNc2cccc(Cl)c2)c1. The summed E-state index contributed by atoms with van der Waals surface area (Å²) in [7, 11) is 0. The molecule has 0 bridgehead atoms. The average molecular weight is 246 g/mol. The summed E-state index contributed by atoms with van der Waals surface area (Å²) in [5.41, 5.74) is 3.75. The summed E-state index contributed by atoms with van der Waals surface area (Å²) >= 11 is 5.92. The maximum atomic E-state index is 5.92. The standard InChI is InChI=1S/C15H16ClN/c1-12-4-2-5-13(10-12)8-9-17-15-7-3-6-14(16)11-15/h2-7,10-11,17H,8-9H2,1H3. The highest BCUT2D eigenvalue weighted by Gasteiger charge is 1.95. The lowest BCUT2D eigenvalue weighted by Crippen LogP contribution is -2.04. The molecule has 88 valence electrons. The molecule has 0 aromatic heterocycles. The molecule has 0 heterocycles. The largest absolute Gasteiger partial charge is 0.385 e. The van der Waals surface area contributed by atoms with E-state index in [1.54, 1.807) is 0 Å². The predicted molar refractivity (Wildman–Crippen MR) is 74.8 cm³/mol. The smallest absolute Gasteiger partial charge is 0.0426 e. The highest BCUT2D eigenvalue weighted by Crippen LogP contribution is 2.15. The highest BCUT2D eigenvalue weighted by atomic mass is 35.5. The zero-order valence-corrected chi connectivity index (χ0v) is 10.7. The van der Waals surface area contributed by atoms with E-state index in [0.29, 0.717) is 0 Å². The number of benzene rings is 2. The summed E-state index contributed by atoms with van der Waals surface area (Å²) < 4.78 is 0. The van der Waals surface area contributed by atoms with Crippen LogP contribution in [0.25, 0.3) is 0 Å². The van der Waals surface area contributed by atoms with E-state index in [1.807, 2.05) is 24.3 Å². The van der Waals surface area contributed by atoms with Crippen molar-refractivity contribution in [3.63, 3.8) is 0 Å². The molecule has 2 aromatic rings. The molecule has 0 unspecified atom stereocenters. The third-order valence-corrected chi connectivity index (χ3v) is 2.88. The van der Waals surface area contributed by atoms with Crippen LogP contribution >= 0.6 is 11.6 Å². The molecule has 0 saturated heterocycles. The first-order valence-electron chi connectivity index (χ1n) is 5.79. The molecule has 17 heavy (non-hydrogen) atoms. The summed E-state index contributed by atoms with van der Waals surface area (Å²) in [5, 5.41) is 4.14. The average Bonchev–Trinajstić information content (AvgIpc) is 2.29. The molecule has 0 atom stereocenters. The lowest BCUT2D eigenvalue weighted by atomic mass is 10.1. The van der Waals surface area contributed by atoms with Crippen molar-refractivity contribution in [1.82, 2.24) is 0 Å². The van der Waals surface area contributed by atoms with Gasteiger partial charge in [0.2, 0.25) is 0 Å². The molecule has 0 aliphatic rings. The first-order chi connectivity index (χ1) is 8.24. The fourth-order valence-electron chi connectivity index (χ4n) is 1.82. The van der Waals surface area contributed by atoms with Gasteiger partial charge in [0.05, 0.1) is 0 Å². The van der Waals surface area contributed by atoms with Crippen LogP contribution in [0.1, 0.15) is 11.1 Å². The van der Waals surface area contributed by atoms with E-state index < -0.39 is 0 Å². The molecule has 1 nitrogen and oxygen atoms in total. The Balaban J connectivity index is 1.87. The molecular formula is C15H16ClN. The van der Waals surface area contributed by atoms with E-state index in [1.165, 1.54) is 11.1 Å². The Hall–Kier alpha value is -1.47. The number of hydrogen-bond acceptors (Lipinski definition) is 1. The second-order valence-corrected chi connectivity index (χ2v) is 4.61. The molecular weight excluding hydrogens is 230 g/mol. The molecule has 0 amide bonds. The number of anilines is 1. The van der Waals surface area contributed by atoms with Crippen LogP contribution in [0, 0.1) is 6.92 Å². The van der Waals surface area contributed by atoms with E-state index in [0.717, 1.165) is 23.7 Å². The second kappa shape index (κ2) is 5.74. The maximum absolute atomic E-state index is 5.92. The van der Waals surface area contributed by atoms with Crippen molar-refractivity contribution in [2.24, 2.45) is 0 Å². The van der Waals surface area contributed by atoms with E-state index in [-0.39, 0.29) is 0 Å². The van der Waals surface area contributed by atoms with Crippen molar-refractivity contribution >= 4 is 17.3 Å². The molecule has 0 spiro atoms.